The Labute approximate surface area is 185 Å². The number of nitrogens with one attached hydrogen (secondary N) is 1. The zero-order chi connectivity index (χ0) is 22.6. The Bertz CT molecular complexity index is 837. The first-order chi connectivity index (χ1) is 15.0. The first kappa shape index (κ1) is 24.4. The molecule has 2 aromatic carbocycles. The van der Waals surface area contributed by atoms with Crippen LogP contribution >= 0.6 is 0 Å². The molecule has 0 aromatic heterocycles. The number of aryl methyl sites for hydroxylation is 1. The smallest absolute Gasteiger partial charge is 0.220 e. The molecule has 0 aliphatic rings. The monoisotopic (exact) mass is 429 g/mol. The van der Waals surface area contributed by atoms with Crippen molar-refractivity contribution >= 4 is 5.91 Å². The van der Waals surface area contributed by atoms with E-state index in [0.29, 0.717) is 56.5 Å². The average Bonchev–Trinajstić information content (AvgIpc) is 2.75. The van der Waals surface area contributed by atoms with E-state index in [4.69, 9.17) is 18.9 Å². The molecule has 170 valence electrons. The fraction of sp³-hybridized carbons (Fsp3) is 0.480. The van der Waals surface area contributed by atoms with Crippen LogP contribution in [0, 0.1) is 0 Å². The Morgan fingerprint density at radius 2 is 1.29 bits per heavy atom. The lowest BCUT2D eigenvalue weighted by Gasteiger charge is -2.18. The van der Waals surface area contributed by atoms with Crippen LogP contribution in [0.15, 0.2) is 36.4 Å². The Morgan fingerprint density at radius 3 is 1.87 bits per heavy atom. The second-order valence-electron chi connectivity index (χ2n) is 7.01. The molecule has 6 nitrogen and oxygen atoms in total. The summed E-state index contributed by atoms with van der Waals surface area (Å²) in [7, 11) is 0. The highest BCUT2D eigenvalue weighted by Crippen LogP contribution is 2.31. The summed E-state index contributed by atoms with van der Waals surface area (Å²) in [5, 5.41) is 3.07. The summed E-state index contributed by atoms with van der Waals surface area (Å²) in [6, 6.07) is 11.5. The maximum Gasteiger partial charge on any atom is 0.220 e. The van der Waals surface area contributed by atoms with E-state index in [1.54, 1.807) is 0 Å². The molecule has 31 heavy (non-hydrogen) atoms. The minimum Gasteiger partial charge on any atom is -0.490 e. The Hall–Kier alpha value is -2.89. The maximum absolute atomic E-state index is 12.5. The molecule has 0 unspecified atom stereocenters. The number of benzene rings is 2. The maximum atomic E-state index is 12.5. The standard InChI is InChI=1S/C25H35NO5/c1-6-28-21-13-10-19(16-23(21)30-8-3)11-15-25(27)26-18(5)20-12-14-22(29-7-2)24(17-20)31-9-4/h10,12-14,16-18H,6-9,11,15H2,1-5H3,(H,26,27)/t18-/m1/s1. The molecule has 1 atom stereocenters. The van der Waals surface area contributed by atoms with E-state index in [1.165, 1.54) is 0 Å². The minimum atomic E-state index is -0.137. The topological polar surface area (TPSA) is 66.0 Å². The van der Waals surface area contributed by atoms with E-state index < -0.39 is 0 Å². The number of carbonyl (C=O) groups excluding carboxylic acids is 1. The zero-order valence-electron chi connectivity index (χ0n) is 19.3. The molecule has 0 aliphatic heterocycles. The second-order valence-corrected chi connectivity index (χ2v) is 7.01. The van der Waals surface area contributed by atoms with Crippen LogP contribution in [0.5, 0.6) is 23.0 Å². The predicted molar refractivity (Wildman–Crippen MR) is 122 cm³/mol. The molecule has 0 saturated carbocycles. The van der Waals surface area contributed by atoms with Crippen molar-refractivity contribution in [1.29, 1.82) is 0 Å². The summed E-state index contributed by atoms with van der Waals surface area (Å²) in [6.07, 6.45) is 1.01. The van der Waals surface area contributed by atoms with E-state index in [0.717, 1.165) is 16.9 Å². The van der Waals surface area contributed by atoms with Gasteiger partial charge in [0.2, 0.25) is 5.91 Å². The van der Waals surface area contributed by atoms with E-state index in [-0.39, 0.29) is 11.9 Å². The third-order valence-corrected chi connectivity index (χ3v) is 4.69. The van der Waals surface area contributed by atoms with E-state index in [9.17, 15) is 4.79 Å². The van der Waals surface area contributed by atoms with Gasteiger partial charge in [-0.25, -0.2) is 0 Å². The molecule has 2 rings (SSSR count). The van der Waals surface area contributed by atoms with Crippen molar-refractivity contribution in [2.75, 3.05) is 26.4 Å². The third kappa shape index (κ3) is 7.39. The van der Waals surface area contributed by atoms with Crippen molar-refractivity contribution in [3.05, 3.63) is 47.5 Å². The molecule has 6 heteroatoms. The molecule has 0 saturated heterocycles. The molecule has 0 radical (unpaired) electrons. The molecule has 0 spiro atoms. The fourth-order valence-corrected chi connectivity index (χ4v) is 3.24. The van der Waals surface area contributed by atoms with Crippen LogP contribution in [0.1, 0.15) is 58.2 Å². The Morgan fingerprint density at radius 1 is 0.774 bits per heavy atom. The Kier molecular flexibility index (Phi) is 10.0. The van der Waals surface area contributed by atoms with Gasteiger partial charge < -0.3 is 24.3 Å². The summed E-state index contributed by atoms with van der Waals surface area (Å²) < 4.78 is 22.6. The zero-order valence-corrected chi connectivity index (χ0v) is 19.3. The third-order valence-electron chi connectivity index (χ3n) is 4.69. The number of amides is 1. The van der Waals surface area contributed by atoms with Gasteiger partial charge in [0.15, 0.2) is 23.0 Å². The first-order valence-corrected chi connectivity index (χ1v) is 11.1. The molecule has 0 fully saturated rings. The van der Waals surface area contributed by atoms with Crippen molar-refractivity contribution in [2.24, 2.45) is 0 Å². The van der Waals surface area contributed by atoms with Crippen LogP contribution < -0.4 is 24.3 Å². The number of carbonyl (C=O) groups is 1. The predicted octanol–water partition coefficient (Wildman–Crippen LogP) is 5.09. The summed E-state index contributed by atoms with van der Waals surface area (Å²) >= 11 is 0. The van der Waals surface area contributed by atoms with Crippen LogP contribution in [0.3, 0.4) is 0 Å². The summed E-state index contributed by atoms with van der Waals surface area (Å²) in [6.45, 7) is 12.0. The van der Waals surface area contributed by atoms with Gasteiger partial charge in [-0.05, 0) is 76.4 Å². The van der Waals surface area contributed by atoms with Crippen molar-refractivity contribution in [3.8, 4) is 23.0 Å². The van der Waals surface area contributed by atoms with Crippen LogP contribution in [-0.4, -0.2) is 32.3 Å². The van der Waals surface area contributed by atoms with E-state index in [1.807, 2.05) is 71.0 Å². The summed E-state index contributed by atoms with van der Waals surface area (Å²) in [5.74, 6) is 2.85. The molecular formula is C25H35NO5. The fourth-order valence-electron chi connectivity index (χ4n) is 3.24. The van der Waals surface area contributed by atoms with Gasteiger partial charge in [-0.1, -0.05) is 12.1 Å². The minimum absolute atomic E-state index is 0.00816. The quantitative estimate of drug-likeness (QED) is 0.480. The lowest BCUT2D eigenvalue weighted by molar-refractivity contribution is -0.121. The highest BCUT2D eigenvalue weighted by molar-refractivity contribution is 5.76. The van der Waals surface area contributed by atoms with Gasteiger partial charge in [0, 0.05) is 6.42 Å². The van der Waals surface area contributed by atoms with E-state index in [2.05, 4.69) is 5.32 Å². The molecule has 0 aliphatic carbocycles. The van der Waals surface area contributed by atoms with Gasteiger partial charge in [0.25, 0.3) is 0 Å². The van der Waals surface area contributed by atoms with Gasteiger partial charge in [-0.3, -0.25) is 4.79 Å². The van der Waals surface area contributed by atoms with Crippen LogP contribution in [0.25, 0.3) is 0 Å². The summed E-state index contributed by atoms with van der Waals surface area (Å²) in [5.41, 5.74) is 2.01. The second kappa shape index (κ2) is 12.7. The normalized spacial score (nSPS) is 11.5. The van der Waals surface area contributed by atoms with Gasteiger partial charge in [0.1, 0.15) is 0 Å². The van der Waals surface area contributed by atoms with E-state index >= 15 is 0 Å². The van der Waals surface area contributed by atoms with Crippen molar-refractivity contribution in [2.45, 2.75) is 53.5 Å². The van der Waals surface area contributed by atoms with Crippen molar-refractivity contribution in [1.82, 2.24) is 5.32 Å². The molecule has 0 heterocycles. The molecule has 2 aromatic rings. The first-order valence-electron chi connectivity index (χ1n) is 11.1. The lowest BCUT2D eigenvalue weighted by atomic mass is 10.1. The molecule has 0 bridgehead atoms. The Balaban J connectivity index is 1.98. The average molecular weight is 430 g/mol. The summed E-state index contributed by atoms with van der Waals surface area (Å²) in [4.78, 5) is 12.5. The SMILES string of the molecule is CCOc1ccc(CCC(=O)N[C@H](C)c2ccc(OCC)c(OCC)c2)cc1OCC. The van der Waals surface area contributed by atoms with Gasteiger partial charge in [-0.2, -0.15) is 0 Å². The van der Waals surface area contributed by atoms with Crippen LogP contribution in [0.4, 0.5) is 0 Å². The number of hydrogen-bond donors (Lipinski definition) is 1. The highest BCUT2D eigenvalue weighted by Gasteiger charge is 2.14. The highest BCUT2D eigenvalue weighted by atomic mass is 16.5. The van der Waals surface area contributed by atoms with Gasteiger partial charge in [0.05, 0.1) is 32.5 Å². The number of hydrogen-bond acceptors (Lipinski definition) is 5. The van der Waals surface area contributed by atoms with Crippen molar-refractivity contribution in [3.63, 3.8) is 0 Å². The van der Waals surface area contributed by atoms with Crippen LogP contribution in [-0.2, 0) is 11.2 Å². The van der Waals surface area contributed by atoms with Gasteiger partial charge >= 0.3 is 0 Å². The molecule has 1 amide bonds. The molecule has 1 N–H and O–H groups in total. The lowest BCUT2D eigenvalue weighted by Crippen LogP contribution is -2.26. The number of rotatable bonds is 13. The largest absolute Gasteiger partial charge is 0.490 e. The molecular weight excluding hydrogens is 394 g/mol. The van der Waals surface area contributed by atoms with Crippen molar-refractivity contribution < 1.29 is 23.7 Å². The van der Waals surface area contributed by atoms with Gasteiger partial charge in [-0.15, -0.1) is 0 Å². The van der Waals surface area contributed by atoms with Crippen LogP contribution in [0.2, 0.25) is 0 Å². The number of ether oxygens (including phenoxy) is 4.